The quantitative estimate of drug-likeness (QED) is 0.887. The van der Waals surface area contributed by atoms with Crippen LogP contribution in [0, 0.1) is 0 Å². The van der Waals surface area contributed by atoms with E-state index >= 15 is 0 Å². The average Bonchev–Trinajstić information content (AvgIpc) is 3.04. The number of nitrogens with one attached hydrogen (secondary N) is 1. The molecule has 2 aromatic rings. The molecule has 2 N–H and O–H groups in total. The second kappa shape index (κ2) is 5.99. The molecule has 3 rings (SSSR count). The van der Waals surface area contributed by atoms with Gasteiger partial charge in [-0.1, -0.05) is 0 Å². The number of aromatic nitrogens is 2. The highest BCUT2D eigenvalue weighted by molar-refractivity contribution is 5.94. The van der Waals surface area contributed by atoms with Crippen molar-refractivity contribution in [3.63, 3.8) is 0 Å². The van der Waals surface area contributed by atoms with E-state index in [0.29, 0.717) is 30.4 Å². The number of carboxylic acid groups (broad SMARTS) is 1. The molecule has 8 nitrogen and oxygen atoms in total. The molecule has 120 valence electrons. The normalized spacial score (nSPS) is 14.1. The van der Waals surface area contributed by atoms with Crippen LogP contribution in [-0.4, -0.2) is 40.0 Å². The number of carboxylic acids is 1. The third kappa shape index (κ3) is 3.10. The Morgan fingerprint density at radius 2 is 2.04 bits per heavy atom. The zero-order valence-electron chi connectivity index (χ0n) is 12.4. The topological polar surface area (TPSA) is 103 Å². The molecule has 8 heteroatoms. The summed E-state index contributed by atoms with van der Waals surface area (Å²) >= 11 is 0. The van der Waals surface area contributed by atoms with Gasteiger partial charge in [-0.15, -0.1) is 0 Å². The van der Waals surface area contributed by atoms with Crippen LogP contribution in [0.2, 0.25) is 0 Å². The molecule has 1 atom stereocenters. The summed E-state index contributed by atoms with van der Waals surface area (Å²) in [5.74, 6) is -0.188. The van der Waals surface area contributed by atoms with Gasteiger partial charge in [0.25, 0.3) is 0 Å². The van der Waals surface area contributed by atoms with Gasteiger partial charge < -0.3 is 19.9 Å². The summed E-state index contributed by atoms with van der Waals surface area (Å²) in [6, 6.07) is 4.47. The highest BCUT2D eigenvalue weighted by Gasteiger charge is 2.19. The molecule has 0 aliphatic carbocycles. The highest BCUT2D eigenvalue weighted by Crippen LogP contribution is 2.32. The number of fused-ring (bicyclic) bond motifs is 1. The van der Waals surface area contributed by atoms with E-state index in [1.54, 1.807) is 25.1 Å². The highest BCUT2D eigenvalue weighted by atomic mass is 16.6. The van der Waals surface area contributed by atoms with Gasteiger partial charge >= 0.3 is 5.97 Å². The molecule has 1 aromatic carbocycles. The number of carbonyl (C=O) groups excluding carboxylic acids is 1. The van der Waals surface area contributed by atoms with E-state index in [1.165, 1.54) is 17.1 Å². The number of aromatic carboxylic acids is 1. The van der Waals surface area contributed by atoms with Crippen LogP contribution >= 0.6 is 0 Å². The minimum absolute atomic E-state index is 0.0315. The van der Waals surface area contributed by atoms with Gasteiger partial charge in [0, 0.05) is 18.0 Å². The lowest BCUT2D eigenvalue weighted by atomic mass is 10.2. The van der Waals surface area contributed by atoms with E-state index in [0.717, 1.165) is 0 Å². The average molecular weight is 317 g/mol. The van der Waals surface area contributed by atoms with Crippen molar-refractivity contribution in [3.05, 3.63) is 36.2 Å². The smallest absolute Gasteiger partial charge is 0.338 e. The van der Waals surface area contributed by atoms with Gasteiger partial charge in [0.05, 0.1) is 11.8 Å². The SMILES string of the molecule is CC(C(=O)Nc1ccc2c(c1)OCCO2)n1cc(C(=O)O)cn1. The van der Waals surface area contributed by atoms with Gasteiger partial charge in [-0.3, -0.25) is 9.48 Å². The fraction of sp³-hybridized carbons (Fsp3) is 0.267. The molecule has 1 aliphatic heterocycles. The largest absolute Gasteiger partial charge is 0.486 e. The fourth-order valence-electron chi connectivity index (χ4n) is 2.15. The summed E-state index contributed by atoms with van der Waals surface area (Å²) < 4.78 is 12.2. The molecule has 1 amide bonds. The number of anilines is 1. The number of carbonyl (C=O) groups is 2. The first-order chi connectivity index (χ1) is 11.0. The van der Waals surface area contributed by atoms with Gasteiger partial charge in [0.2, 0.25) is 5.91 Å². The van der Waals surface area contributed by atoms with Crippen LogP contribution in [0.5, 0.6) is 11.5 Å². The molecule has 1 unspecified atom stereocenters. The monoisotopic (exact) mass is 317 g/mol. The van der Waals surface area contributed by atoms with E-state index < -0.39 is 12.0 Å². The predicted octanol–water partition coefficient (Wildman–Crippen LogP) is 1.55. The maximum atomic E-state index is 12.3. The number of amides is 1. The van der Waals surface area contributed by atoms with E-state index in [-0.39, 0.29) is 11.5 Å². The summed E-state index contributed by atoms with van der Waals surface area (Å²) in [5.41, 5.74) is 0.598. The maximum Gasteiger partial charge on any atom is 0.338 e. The van der Waals surface area contributed by atoms with Crippen LogP contribution < -0.4 is 14.8 Å². The van der Waals surface area contributed by atoms with Crippen LogP contribution in [0.1, 0.15) is 23.3 Å². The number of hydrogen-bond donors (Lipinski definition) is 2. The number of benzene rings is 1. The molecule has 0 radical (unpaired) electrons. The van der Waals surface area contributed by atoms with Crippen molar-refractivity contribution < 1.29 is 24.2 Å². The van der Waals surface area contributed by atoms with Crippen molar-refractivity contribution in [2.24, 2.45) is 0 Å². The predicted molar refractivity (Wildman–Crippen MR) is 80.0 cm³/mol. The van der Waals surface area contributed by atoms with Crippen molar-refractivity contribution in [1.82, 2.24) is 9.78 Å². The Morgan fingerprint density at radius 1 is 1.30 bits per heavy atom. The molecule has 0 saturated carbocycles. The molecule has 0 saturated heterocycles. The number of ether oxygens (including phenoxy) is 2. The van der Waals surface area contributed by atoms with Gasteiger partial charge in [0.15, 0.2) is 11.5 Å². The molecule has 0 fully saturated rings. The lowest BCUT2D eigenvalue weighted by molar-refractivity contribution is -0.119. The number of nitrogens with zero attached hydrogens (tertiary/aromatic N) is 2. The molecule has 1 aromatic heterocycles. The second-order valence-electron chi connectivity index (χ2n) is 5.04. The Hall–Kier alpha value is -3.03. The lowest BCUT2D eigenvalue weighted by Gasteiger charge is -2.19. The van der Waals surface area contributed by atoms with Gasteiger partial charge in [-0.25, -0.2) is 4.79 Å². The van der Waals surface area contributed by atoms with Crippen LogP contribution in [0.4, 0.5) is 5.69 Å². The summed E-state index contributed by atoms with van der Waals surface area (Å²) in [7, 11) is 0. The first-order valence-electron chi connectivity index (χ1n) is 7.02. The Balaban J connectivity index is 1.71. The van der Waals surface area contributed by atoms with Crippen molar-refractivity contribution in [2.45, 2.75) is 13.0 Å². The van der Waals surface area contributed by atoms with Gasteiger partial charge in [-0.05, 0) is 19.1 Å². The Morgan fingerprint density at radius 3 is 2.74 bits per heavy atom. The molecule has 1 aliphatic rings. The zero-order valence-corrected chi connectivity index (χ0v) is 12.4. The summed E-state index contributed by atoms with van der Waals surface area (Å²) in [6.45, 7) is 2.60. The second-order valence-corrected chi connectivity index (χ2v) is 5.04. The minimum atomic E-state index is -1.09. The summed E-state index contributed by atoms with van der Waals surface area (Å²) in [6.07, 6.45) is 2.52. The van der Waals surface area contributed by atoms with Crippen LogP contribution in [0.3, 0.4) is 0 Å². The Bertz CT molecular complexity index is 755. The standard InChI is InChI=1S/C15H15N3O5/c1-9(18-8-10(7-16-18)15(20)21)14(19)17-11-2-3-12-13(6-11)23-5-4-22-12/h2-3,6-9H,4-5H2,1H3,(H,17,19)(H,20,21). The van der Waals surface area contributed by atoms with Crippen LogP contribution in [0.25, 0.3) is 0 Å². The Kier molecular flexibility index (Phi) is 3.88. The lowest BCUT2D eigenvalue weighted by Crippen LogP contribution is -2.24. The van der Waals surface area contributed by atoms with Crippen LogP contribution in [0.15, 0.2) is 30.6 Å². The maximum absolute atomic E-state index is 12.3. The fourth-order valence-corrected chi connectivity index (χ4v) is 2.15. The third-order valence-electron chi connectivity index (χ3n) is 3.43. The molecular weight excluding hydrogens is 302 g/mol. The minimum Gasteiger partial charge on any atom is -0.486 e. The first kappa shape index (κ1) is 14.9. The van der Waals surface area contributed by atoms with Crippen molar-refractivity contribution in [1.29, 1.82) is 0 Å². The van der Waals surface area contributed by atoms with E-state index in [4.69, 9.17) is 14.6 Å². The number of hydrogen-bond acceptors (Lipinski definition) is 5. The summed E-state index contributed by atoms with van der Waals surface area (Å²) in [4.78, 5) is 23.1. The molecule has 0 spiro atoms. The third-order valence-corrected chi connectivity index (χ3v) is 3.43. The Labute approximate surface area is 131 Å². The molecule has 2 heterocycles. The van der Waals surface area contributed by atoms with Crippen molar-refractivity contribution in [2.75, 3.05) is 18.5 Å². The van der Waals surface area contributed by atoms with Crippen LogP contribution in [-0.2, 0) is 4.79 Å². The van der Waals surface area contributed by atoms with E-state index in [1.807, 2.05) is 0 Å². The first-order valence-corrected chi connectivity index (χ1v) is 7.02. The number of rotatable bonds is 4. The van der Waals surface area contributed by atoms with Gasteiger partial charge in [0.1, 0.15) is 19.3 Å². The van der Waals surface area contributed by atoms with Gasteiger partial charge in [-0.2, -0.15) is 5.10 Å². The van der Waals surface area contributed by atoms with E-state index in [2.05, 4.69) is 10.4 Å². The molecule has 23 heavy (non-hydrogen) atoms. The zero-order chi connectivity index (χ0) is 16.4. The molecular formula is C15H15N3O5. The van der Waals surface area contributed by atoms with Crippen molar-refractivity contribution >= 4 is 17.6 Å². The van der Waals surface area contributed by atoms with Crippen molar-refractivity contribution in [3.8, 4) is 11.5 Å². The summed E-state index contributed by atoms with van der Waals surface area (Å²) in [5, 5.41) is 15.5. The molecule has 0 bridgehead atoms. The van der Waals surface area contributed by atoms with E-state index in [9.17, 15) is 9.59 Å².